The van der Waals surface area contributed by atoms with E-state index in [1.807, 2.05) is 31.2 Å². The third kappa shape index (κ3) is 2.74. The van der Waals surface area contributed by atoms with E-state index in [2.05, 4.69) is 0 Å². The molecule has 2 N–H and O–H groups in total. The van der Waals surface area contributed by atoms with Crippen LogP contribution < -0.4 is 15.4 Å². The lowest BCUT2D eigenvalue weighted by atomic mass is 10.1. The molecule has 104 valence electrons. The van der Waals surface area contributed by atoms with Gasteiger partial charge in [0.15, 0.2) is 0 Å². The quantitative estimate of drug-likeness (QED) is 0.872. The van der Waals surface area contributed by atoms with Gasteiger partial charge in [0.2, 0.25) is 0 Å². The highest BCUT2D eigenvalue weighted by atomic mass is 16.5. The van der Waals surface area contributed by atoms with Crippen molar-refractivity contribution in [1.82, 2.24) is 0 Å². The summed E-state index contributed by atoms with van der Waals surface area (Å²) in [6.45, 7) is 1.99. The smallest absolute Gasteiger partial charge is 0.261 e. The molecule has 20 heavy (non-hydrogen) atoms. The highest BCUT2D eigenvalue weighted by molar-refractivity contribution is 6.07. The molecule has 0 saturated heterocycles. The summed E-state index contributed by atoms with van der Waals surface area (Å²) in [5, 5.41) is 0. The van der Waals surface area contributed by atoms with E-state index in [0.29, 0.717) is 17.0 Å². The molecule has 4 heteroatoms. The molecule has 4 nitrogen and oxygen atoms in total. The van der Waals surface area contributed by atoms with Gasteiger partial charge in [-0.15, -0.1) is 0 Å². The van der Waals surface area contributed by atoms with Crippen LogP contribution in [0.3, 0.4) is 0 Å². The molecule has 1 amide bonds. The molecular formula is C16H18N2O2. The summed E-state index contributed by atoms with van der Waals surface area (Å²) in [4.78, 5) is 14.2. The fourth-order valence-electron chi connectivity index (χ4n) is 2.02. The molecule has 0 saturated carbocycles. The second kappa shape index (κ2) is 5.65. The van der Waals surface area contributed by atoms with E-state index in [1.54, 1.807) is 30.1 Å². The number of ether oxygens (including phenoxy) is 1. The maximum atomic E-state index is 12.6. The molecule has 0 aromatic heterocycles. The number of carbonyl (C=O) groups is 1. The Morgan fingerprint density at radius 1 is 1.20 bits per heavy atom. The number of nitrogens with zero attached hydrogens (tertiary/aromatic N) is 1. The number of nitrogens with two attached hydrogens (primary N) is 1. The molecular weight excluding hydrogens is 252 g/mol. The second-order valence-corrected chi connectivity index (χ2v) is 4.66. The third-order valence-corrected chi connectivity index (χ3v) is 3.15. The Labute approximate surface area is 118 Å². The van der Waals surface area contributed by atoms with Crippen molar-refractivity contribution in [2.45, 2.75) is 6.92 Å². The van der Waals surface area contributed by atoms with Crippen LogP contribution in [-0.2, 0) is 0 Å². The van der Waals surface area contributed by atoms with Gasteiger partial charge in [-0.3, -0.25) is 4.79 Å². The number of nitrogen functional groups attached to an aromatic ring is 1. The summed E-state index contributed by atoms with van der Waals surface area (Å²) in [6, 6.07) is 12.8. The van der Waals surface area contributed by atoms with Crippen LogP contribution in [-0.4, -0.2) is 20.1 Å². The molecule has 0 radical (unpaired) electrons. The van der Waals surface area contributed by atoms with Crippen LogP contribution in [0.4, 0.5) is 11.4 Å². The van der Waals surface area contributed by atoms with Gasteiger partial charge in [-0.2, -0.15) is 0 Å². The lowest BCUT2D eigenvalue weighted by Crippen LogP contribution is -2.26. The SMILES string of the molecule is COc1cc(N)ccc1C(=O)N(C)c1cccc(C)c1. The fourth-order valence-corrected chi connectivity index (χ4v) is 2.02. The van der Waals surface area contributed by atoms with Gasteiger partial charge in [0.1, 0.15) is 5.75 Å². The zero-order valence-electron chi connectivity index (χ0n) is 11.9. The van der Waals surface area contributed by atoms with Gasteiger partial charge in [0.25, 0.3) is 5.91 Å². The van der Waals surface area contributed by atoms with E-state index in [1.165, 1.54) is 7.11 Å². The summed E-state index contributed by atoms with van der Waals surface area (Å²) >= 11 is 0. The standard InChI is InChI=1S/C16H18N2O2/c1-11-5-4-6-13(9-11)18(2)16(19)14-8-7-12(17)10-15(14)20-3/h4-10H,17H2,1-3H3. The molecule has 0 atom stereocenters. The Kier molecular flexibility index (Phi) is 3.94. The van der Waals surface area contributed by atoms with E-state index < -0.39 is 0 Å². The first-order valence-electron chi connectivity index (χ1n) is 6.31. The number of benzene rings is 2. The first-order valence-corrected chi connectivity index (χ1v) is 6.31. The largest absolute Gasteiger partial charge is 0.496 e. The van der Waals surface area contributed by atoms with Crippen LogP contribution in [0.1, 0.15) is 15.9 Å². The van der Waals surface area contributed by atoms with E-state index in [4.69, 9.17) is 10.5 Å². The number of hydrogen-bond donors (Lipinski definition) is 1. The predicted octanol–water partition coefficient (Wildman–Crippen LogP) is 2.86. The van der Waals surface area contributed by atoms with Crippen molar-refractivity contribution in [3.8, 4) is 5.75 Å². The number of aryl methyl sites for hydroxylation is 1. The van der Waals surface area contributed by atoms with Gasteiger partial charge in [-0.1, -0.05) is 12.1 Å². The first kappa shape index (κ1) is 13.9. The second-order valence-electron chi connectivity index (χ2n) is 4.66. The van der Waals surface area contributed by atoms with Crippen molar-refractivity contribution in [1.29, 1.82) is 0 Å². The molecule has 2 rings (SSSR count). The molecule has 0 unspecified atom stereocenters. The van der Waals surface area contributed by atoms with E-state index in [0.717, 1.165) is 11.3 Å². The van der Waals surface area contributed by atoms with Crippen LogP contribution in [0, 0.1) is 6.92 Å². The summed E-state index contributed by atoms with van der Waals surface area (Å²) in [5.74, 6) is 0.349. The molecule has 0 bridgehead atoms. The average molecular weight is 270 g/mol. The summed E-state index contributed by atoms with van der Waals surface area (Å²) in [6.07, 6.45) is 0. The van der Waals surface area contributed by atoms with Crippen LogP contribution in [0.2, 0.25) is 0 Å². The Balaban J connectivity index is 2.36. The summed E-state index contributed by atoms with van der Waals surface area (Å²) < 4.78 is 5.23. The molecule has 2 aromatic rings. The maximum absolute atomic E-state index is 12.6. The normalized spacial score (nSPS) is 10.2. The van der Waals surface area contributed by atoms with Crippen molar-refractivity contribution < 1.29 is 9.53 Å². The number of anilines is 2. The number of amides is 1. The number of hydrogen-bond acceptors (Lipinski definition) is 3. The Morgan fingerprint density at radius 2 is 1.95 bits per heavy atom. The molecule has 0 aliphatic rings. The Bertz CT molecular complexity index is 638. The zero-order valence-corrected chi connectivity index (χ0v) is 11.9. The highest BCUT2D eigenvalue weighted by Crippen LogP contribution is 2.25. The average Bonchev–Trinajstić information content (AvgIpc) is 2.45. The fraction of sp³-hybridized carbons (Fsp3) is 0.188. The minimum atomic E-state index is -0.132. The molecule has 0 aliphatic heterocycles. The first-order chi connectivity index (χ1) is 9.52. The minimum absolute atomic E-state index is 0.132. The number of methoxy groups -OCH3 is 1. The van der Waals surface area contributed by atoms with Crippen LogP contribution in [0.5, 0.6) is 5.75 Å². The minimum Gasteiger partial charge on any atom is -0.496 e. The summed E-state index contributed by atoms with van der Waals surface area (Å²) in [5.41, 5.74) is 8.71. The number of carbonyl (C=O) groups excluding carboxylic acids is 1. The van der Waals surface area contributed by atoms with Crippen LogP contribution in [0.25, 0.3) is 0 Å². The lowest BCUT2D eigenvalue weighted by molar-refractivity contribution is 0.0990. The summed E-state index contributed by atoms with van der Waals surface area (Å²) in [7, 11) is 3.27. The van der Waals surface area contributed by atoms with Crippen molar-refractivity contribution >= 4 is 17.3 Å². The molecule has 0 aliphatic carbocycles. The van der Waals surface area contributed by atoms with E-state index in [-0.39, 0.29) is 5.91 Å². The Hall–Kier alpha value is -2.49. The zero-order chi connectivity index (χ0) is 14.7. The van der Waals surface area contributed by atoms with Gasteiger partial charge in [0, 0.05) is 24.5 Å². The molecule has 2 aromatic carbocycles. The van der Waals surface area contributed by atoms with Crippen LogP contribution >= 0.6 is 0 Å². The van der Waals surface area contributed by atoms with E-state index in [9.17, 15) is 4.79 Å². The van der Waals surface area contributed by atoms with Gasteiger partial charge >= 0.3 is 0 Å². The van der Waals surface area contributed by atoms with Crippen molar-refractivity contribution in [3.05, 3.63) is 53.6 Å². The van der Waals surface area contributed by atoms with E-state index >= 15 is 0 Å². The Morgan fingerprint density at radius 3 is 2.60 bits per heavy atom. The molecule has 0 heterocycles. The lowest BCUT2D eigenvalue weighted by Gasteiger charge is -2.19. The van der Waals surface area contributed by atoms with Crippen molar-refractivity contribution in [3.63, 3.8) is 0 Å². The monoisotopic (exact) mass is 270 g/mol. The number of rotatable bonds is 3. The van der Waals surface area contributed by atoms with Crippen molar-refractivity contribution in [2.75, 3.05) is 24.8 Å². The third-order valence-electron chi connectivity index (χ3n) is 3.15. The van der Waals surface area contributed by atoms with Crippen LogP contribution in [0.15, 0.2) is 42.5 Å². The topological polar surface area (TPSA) is 55.6 Å². The molecule has 0 spiro atoms. The van der Waals surface area contributed by atoms with Gasteiger partial charge in [-0.25, -0.2) is 0 Å². The van der Waals surface area contributed by atoms with Gasteiger partial charge in [0.05, 0.1) is 12.7 Å². The predicted molar refractivity (Wildman–Crippen MR) is 81.3 cm³/mol. The maximum Gasteiger partial charge on any atom is 0.261 e. The highest BCUT2D eigenvalue weighted by Gasteiger charge is 2.18. The van der Waals surface area contributed by atoms with Crippen molar-refractivity contribution in [2.24, 2.45) is 0 Å². The van der Waals surface area contributed by atoms with Gasteiger partial charge in [-0.05, 0) is 36.8 Å². The van der Waals surface area contributed by atoms with Gasteiger partial charge < -0.3 is 15.4 Å². The molecule has 0 fully saturated rings.